The van der Waals surface area contributed by atoms with Crippen LogP contribution < -0.4 is 5.32 Å². The molecule has 1 saturated carbocycles. The first-order chi connectivity index (χ1) is 6.70. The van der Waals surface area contributed by atoms with E-state index in [4.69, 9.17) is 10.4 Å². The lowest BCUT2D eigenvalue weighted by Gasteiger charge is -2.22. The van der Waals surface area contributed by atoms with Gasteiger partial charge in [-0.3, -0.25) is 5.32 Å². The predicted octanol–water partition coefficient (Wildman–Crippen LogP) is 1.14. The molecule has 3 nitrogen and oxygen atoms in total. The molecule has 1 rings (SSSR count). The van der Waals surface area contributed by atoms with E-state index in [2.05, 4.69) is 11.4 Å². The fraction of sp³-hybridized carbons (Fsp3) is 0.900. The lowest BCUT2D eigenvalue weighted by molar-refractivity contribution is 0.322. The van der Waals surface area contributed by atoms with E-state index in [0.717, 1.165) is 17.9 Å². The summed E-state index contributed by atoms with van der Waals surface area (Å²) in [6.45, 7) is 2.19. The fourth-order valence-electron chi connectivity index (χ4n) is 1.28. The van der Waals surface area contributed by atoms with Crippen LogP contribution in [-0.2, 0) is 0 Å². The Hall–Kier alpha value is -0.240. The number of nitriles is 1. The van der Waals surface area contributed by atoms with Crippen LogP contribution in [0.2, 0.25) is 0 Å². The first-order valence-corrected chi connectivity index (χ1v) is 6.23. The minimum absolute atomic E-state index is 0.226. The quantitative estimate of drug-likeness (QED) is 0.624. The summed E-state index contributed by atoms with van der Waals surface area (Å²) in [6.07, 6.45) is 3.27. The highest BCUT2D eigenvalue weighted by Crippen LogP contribution is 2.24. The molecule has 0 bridgehead atoms. The van der Waals surface area contributed by atoms with Gasteiger partial charge in [0, 0.05) is 11.8 Å². The van der Waals surface area contributed by atoms with E-state index in [0.29, 0.717) is 6.04 Å². The van der Waals surface area contributed by atoms with Gasteiger partial charge in [-0.1, -0.05) is 0 Å². The van der Waals surface area contributed by atoms with Crippen LogP contribution in [0.5, 0.6) is 0 Å². The molecule has 0 aliphatic heterocycles. The lowest BCUT2D eigenvalue weighted by atomic mass is 10.0. The van der Waals surface area contributed by atoms with Crippen LogP contribution in [0.1, 0.15) is 26.2 Å². The maximum Gasteiger partial charge on any atom is 0.104 e. The summed E-state index contributed by atoms with van der Waals surface area (Å²) in [7, 11) is 0. The maximum atomic E-state index is 9.05. The summed E-state index contributed by atoms with van der Waals surface area (Å²) < 4.78 is 0. The Kier molecular flexibility index (Phi) is 4.73. The molecule has 0 aromatic carbocycles. The third kappa shape index (κ3) is 4.32. The van der Waals surface area contributed by atoms with Gasteiger partial charge in [0.05, 0.1) is 12.7 Å². The van der Waals surface area contributed by atoms with E-state index in [-0.39, 0.29) is 12.1 Å². The third-order valence-corrected chi connectivity index (χ3v) is 3.29. The van der Waals surface area contributed by atoms with Crippen molar-refractivity contribution < 1.29 is 5.11 Å². The Morgan fingerprint density at radius 1 is 1.57 bits per heavy atom. The zero-order valence-electron chi connectivity index (χ0n) is 8.62. The standard InChI is InChI=1S/C10H18N2OS/c1-10(8-11,12-9-2-3-9)4-6-14-7-5-13/h9,12-13H,2-7H2,1H3. The van der Waals surface area contributed by atoms with Gasteiger partial charge < -0.3 is 5.11 Å². The largest absolute Gasteiger partial charge is 0.396 e. The number of hydrogen-bond acceptors (Lipinski definition) is 4. The monoisotopic (exact) mass is 214 g/mol. The molecule has 1 fully saturated rings. The van der Waals surface area contributed by atoms with Crippen molar-refractivity contribution in [1.82, 2.24) is 5.32 Å². The molecule has 0 amide bonds. The molecule has 4 heteroatoms. The Morgan fingerprint density at radius 2 is 2.29 bits per heavy atom. The molecule has 0 heterocycles. The third-order valence-electron chi connectivity index (χ3n) is 2.33. The summed E-state index contributed by atoms with van der Waals surface area (Å²) >= 11 is 1.70. The van der Waals surface area contributed by atoms with Crippen molar-refractivity contribution in [2.24, 2.45) is 0 Å². The predicted molar refractivity (Wildman–Crippen MR) is 59.2 cm³/mol. The Morgan fingerprint density at radius 3 is 2.79 bits per heavy atom. The first-order valence-electron chi connectivity index (χ1n) is 5.08. The van der Waals surface area contributed by atoms with Crippen molar-refractivity contribution >= 4 is 11.8 Å². The van der Waals surface area contributed by atoms with Crippen molar-refractivity contribution in [3.05, 3.63) is 0 Å². The van der Waals surface area contributed by atoms with Crippen LogP contribution in [0.15, 0.2) is 0 Å². The van der Waals surface area contributed by atoms with Gasteiger partial charge in [-0.05, 0) is 31.9 Å². The Bertz CT molecular complexity index is 213. The van der Waals surface area contributed by atoms with Crippen LogP contribution in [0, 0.1) is 11.3 Å². The zero-order valence-corrected chi connectivity index (χ0v) is 9.44. The second-order valence-electron chi connectivity index (χ2n) is 3.95. The normalized spacial score (nSPS) is 20.1. The second kappa shape index (κ2) is 5.59. The van der Waals surface area contributed by atoms with Gasteiger partial charge in [-0.2, -0.15) is 17.0 Å². The van der Waals surface area contributed by atoms with Crippen LogP contribution in [0.3, 0.4) is 0 Å². The van der Waals surface area contributed by atoms with E-state index in [1.165, 1.54) is 12.8 Å². The molecule has 1 aliphatic carbocycles. The molecular formula is C10H18N2OS. The lowest BCUT2D eigenvalue weighted by Crippen LogP contribution is -2.42. The molecule has 14 heavy (non-hydrogen) atoms. The molecule has 0 aromatic rings. The number of thioether (sulfide) groups is 1. The summed E-state index contributed by atoms with van der Waals surface area (Å²) in [5, 5.41) is 21.0. The zero-order chi connectivity index (χ0) is 10.4. The number of aliphatic hydroxyl groups excluding tert-OH is 1. The highest BCUT2D eigenvalue weighted by Gasteiger charge is 2.31. The van der Waals surface area contributed by atoms with Gasteiger partial charge in [0.25, 0.3) is 0 Å². The Labute approximate surface area is 89.9 Å². The molecule has 0 radical (unpaired) electrons. The van der Waals surface area contributed by atoms with Gasteiger partial charge in [0.2, 0.25) is 0 Å². The molecule has 0 saturated heterocycles. The molecular weight excluding hydrogens is 196 g/mol. The molecule has 0 spiro atoms. The smallest absolute Gasteiger partial charge is 0.104 e. The second-order valence-corrected chi connectivity index (χ2v) is 5.17. The van der Waals surface area contributed by atoms with Crippen molar-refractivity contribution in [3.8, 4) is 6.07 Å². The summed E-state index contributed by atoms with van der Waals surface area (Å²) in [5.41, 5.74) is -0.371. The molecule has 1 atom stereocenters. The summed E-state index contributed by atoms with van der Waals surface area (Å²) in [5.74, 6) is 1.70. The highest BCUT2D eigenvalue weighted by molar-refractivity contribution is 7.99. The molecule has 80 valence electrons. The van der Waals surface area contributed by atoms with Gasteiger partial charge in [-0.15, -0.1) is 0 Å². The minimum Gasteiger partial charge on any atom is -0.396 e. The van der Waals surface area contributed by atoms with E-state index < -0.39 is 0 Å². The number of aliphatic hydroxyl groups is 1. The topological polar surface area (TPSA) is 56.0 Å². The van der Waals surface area contributed by atoms with Crippen molar-refractivity contribution in [3.63, 3.8) is 0 Å². The van der Waals surface area contributed by atoms with Crippen molar-refractivity contribution in [2.75, 3.05) is 18.1 Å². The van der Waals surface area contributed by atoms with Crippen LogP contribution in [0.4, 0.5) is 0 Å². The van der Waals surface area contributed by atoms with Crippen LogP contribution >= 0.6 is 11.8 Å². The highest BCUT2D eigenvalue weighted by atomic mass is 32.2. The number of rotatable bonds is 7. The number of nitrogens with one attached hydrogen (secondary N) is 1. The fourth-order valence-corrected chi connectivity index (χ4v) is 2.17. The average molecular weight is 214 g/mol. The summed E-state index contributed by atoms with van der Waals surface area (Å²) in [4.78, 5) is 0. The van der Waals surface area contributed by atoms with E-state index in [1.54, 1.807) is 11.8 Å². The van der Waals surface area contributed by atoms with Gasteiger partial charge in [0.15, 0.2) is 0 Å². The van der Waals surface area contributed by atoms with E-state index in [9.17, 15) is 0 Å². The first kappa shape index (κ1) is 11.8. The minimum atomic E-state index is -0.371. The average Bonchev–Trinajstić information content (AvgIpc) is 2.96. The van der Waals surface area contributed by atoms with E-state index >= 15 is 0 Å². The van der Waals surface area contributed by atoms with Gasteiger partial charge in [0.1, 0.15) is 5.54 Å². The number of hydrogen-bond donors (Lipinski definition) is 2. The SMILES string of the molecule is CC(C#N)(CCSCCO)NC1CC1. The molecule has 1 unspecified atom stereocenters. The Balaban J connectivity index is 2.18. The molecule has 0 aromatic heterocycles. The molecule has 1 aliphatic rings. The maximum absolute atomic E-state index is 9.05. The van der Waals surface area contributed by atoms with Crippen molar-refractivity contribution in [2.45, 2.75) is 37.8 Å². The van der Waals surface area contributed by atoms with Gasteiger partial charge >= 0.3 is 0 Å². The van der Waals surface area contributed by atoms with Crippen LogP contribution in [-0.4, -0.2) is 34.8 Å². The van der Waals surface area contributed by atoms with Crippen LogP contribution in [0.25, 0.3) is 0 Å². The van der Waals surface area contributed by atoms with Gasteiger partial charge in [-0.25, -0.2) is 0 Å². The molecule has 2 N–H and O–H groups in total. The number of nitrogens with zero attached hydrogens (tertiary/aromatic N) is 1. The van der Waals surface area contributed by atoms with E-state index in [1.807, 2.05) is 6.92 Å². The summed E-state index contributed by atoms with van der Waals surface area (Å²) in [6, 6.07) is 2.91. The van der Waals surface area contributed by atoms with Crippen molar-refractivity contribution in [1.29, 1.82) is 5.26 Å².